The van der Waals surface area contributed by atoms with Crippen LogP contribution in [0.15, 0.2) is 35.2 Å². The van der Waals surface area contributed by atoms with E-state index in [1.807, 2.05) is 65.0 Å². The van der Waals surface area contributed by atoms with Gasteiger partial charge in [0.25, 0.3) is 0 Å². The van der Waals surface area contributed by atoms with E-state index in [1.165, 1.54) is 4.31 Å². The summed E-state index contributed by atoms with van der Waals surface area (Å²) in [7, 11) is -3.81. The normalized spacial score (nSPS) is 15.3. The van der Waals surface area contributed by atoms with Crippen LogP contribution in [0.5, 0.6) is 0 Å². The lowest BCUT2D eigenvalue weighted by Crippen LogP contribution is -2.46. The molecule has 5 nitrogen and oxygen atoms in total. The van der Waals surface area contributed by atoms with Gasteiger partial charge in [0.15, 0.2) is 0 Å². The Morgan fingerprint density at radius 3 is 2.19 bits per heavy atom. The minimum Gasteiger partial charge on any atom is -0.325 e. The predicted molar refractivity (Wildman–Crippen MR) is 126 cm³/mol. The van der Waals surface area contributed by atoms with Gasteiger partial charge in [-0.25, -0.2) is 8.42 Å². The Morgan fingerprint density at radius 2 is 1.58 bits per heavy atom. The molecule has 31 heavy (non-hydrogen) atoms. The van der Waals surface area contributed by atoms with E-state index in [0.717, 1.165) is 65.6 Å². The van der Waals surface area contributed by atoms with Crippen LogP contribution < -0.4 is 5.32 Å². The van der Waals surface area contributed by atoms with Crippen molar-refractivity contribution in [2.24, 2.45) is 0 Å². The molecular formula is C25H34N2O3S. The number of nitrogens with zero attached hydrogens (tertiary/aromatic N) is 1. The summed E-state index contributed by atoms with van der Waals surface area (Å²) in [5, 5.41) is 2.94. The zero-order chi connectivity index (χ0) is 22.8. The highest BCUT2D eigenvalue weighted by molar-refractivity contribution is 7.89. The SMILES string of the molecule is Cc1cc(C)c(S(=O)(=O)N(CC(=O)Nc2cccc(C)c2C)C2CCCCC2)c(C)c1. The second-order valence-corrected chi connectivity index (χ2v) is 10.7. The van der Waals surface area contributed by atoms with Crippen molar-refractivity contribution in [3.8, 4) is 0 Å². The molecule has 0 bridgehead atoms. The molecule has 1 N–H and O–H groups in total. The van der Waals surface area contributed by atoms with E-state index < -0.39 is 10.0 Å². The lowest BCUT2D eigenvalue weighted by Gasteiger charge is -2.34. The van der Waals surface area contributed by atoms with Crippen LogP contribution in [0, 0.1) is 34.6 Å². The minimum absolute atomic E-state index is 0.150. The third-order valence-corrected chi connectivity index (χ3v) is 8.54. The highest BCUT2D eigenvalue weighted by Crippen LogP contribution is 2.31. The van der Waals surface area contributed by atoms with Gasteiger partial charge in [0, 0.05) is 11.7 Å². The molecule has 0 unspecified atom stereocenters. The highest BCUT2D eigenvalue weighted by Gasteiger charge is 2.35. The molecule has 0 saturated heterocycles. The lowest BCUT2D eigenvalue weighted by molar-refractivity contribution is -0.116. The number of amides is 1. The second-order valence-electron chi connectivity index (χ2n) is 8.87. The Kier molecular flexibility index (Phi) is 7.22. The first kappa shape index (κ1) is 23.5. The molecule has 1 fully saturated rings. The van der Waals surface area contributed by atoms with Gasteiger partial charge in [-0.05, 0) is 75.8 Å². The molecule has 1 aliphatic rings. The number of rotatable bonds is 6. The van der Waals surface area contributed by atoms with Crippen LogP contribution in [-0.2, 0) is 14.8 Å². The molecule has 2 aromatic carbocycles. The summed E-state index contributed by atoms with van der Waals surface area (Å²) in [6.45, 7) is 9.41. The largest absolute Gasteiger partial charge is 0.325 e. The predicted octanol–water partition coefficient (Wildman–Crippen LogP) is 5.19. The fourth-order valence-electron chi connectivity index (χ4n) is 4.69. The molecule has 1 aliphatic carbocycles. The standard InChI is InChI=1S/C25H34N2O3S/c1-17-14-19(3)25(20(4)15-17)31(29,30)27(22-11-7-6-8-12-22)16-24(28)26-23-13-9-10-18(2)21(23)5/h9-10,13-15,22H,6-8,11-12,16H2,1-5H3,(H,26,28). The van der Waals surface area contributed by atoms with Gasteiger partial charge in [-0.1, -0.05) is 49.1 Å². The maximum absolute atomic E-state index is 13.8. The van der Waals surface area contributed by atoms with Crippen LogP contribution in [0.2, 0.25) is 0 Å². The topological polar surface area (TPSA) is 66.5 Å². The Balaban J connectivity index is 1.95. The molecule has 1 amide bonds. The van der Waals surface area contributed by atoms with Crippen LogP contribution in [0.25, 0.3) is 0 Å². The van der Waals surface area contributed by atoms with E-state index in [2.05, 4.69) is 5.32 Å². The second kappa shape index (κ2) is 9.53. The Bertz CT molecular complexity index is 1050. The molecule has 0 atom stereocenters. The lowest BCUT2D eigenvalue weighted by atomic mass is 9.95. The third-order valence-electron chi connectivity index (χ3n) is 6.33. The average Bonchev–Trinajstić information content (AvgIpc) is 2.69. The van der Waals surface area contributed by atoms with Crippen LogP contribution in [-0.4, -0.2) is 31.2 Å². The van der Waals surface area contributed by atoms with E-state index in [1.54, 1.807) is 0 Å². The van der Waals surface area contributed by atoms with Gasteiger partial charge in [-0.2, -0.15) is 4.31 Å². The number of hydrogen-bond acceptors (Lipinski definition) is 3. The van der Waals surface area contributed by atoms with Crippen LogP contribution in [0.4, 0.5) is 5.69 Å². The Labute approximate surface area is 186 Å². The Hall–Kier alpha value is -2.18. The smallest absolute Gasteiger partial charge is 0.244 e. The van der Waals surface area contributed by atoms with Gasteiger partial charge in [0.1, 0.15) is 0 Å². The fourth-order valence-corrected chi connectivity index (χ4v) is 6.74. The van der Waals surface area contributed by atoms with E-state index in [4.69, 9.17) is 0 Å². The van der Waals surface area contributed by atoms with E-state index >= 15 is 0 Å². The van der Waals surface area contributed by atoms with E-state index in [-0.39, 0.29) is 18.5 Å². The maximum Gasteiger partial charge on any atom is 0.244 e. The van der Waals surface area contributed by atoms with Gasteiger partial charge in [0.05, 0.1) is 11.4 Å². The van der Waals surface area contributed by atoms with Crippen molar-refractivity contribution >= 4 is 21.6 Å². The first-order chi connectivity index (χ1) is 14.6. The van der Waals surface area contributed by atoms with Gasteiger partial charge >= 0.3 is 0 Å². The minimum atomic E-state index is -3.81. The molecule has 0 aromatic heterocycles. The Morgan fingerprint density at radius 1 is 0.968 bits per heavy atom. The van der Waals surface area contributed by atoms with Crippen molar-refractivity contribution in [2.75, 3.05) is 11.9 Å². The monoisotopic (exact) mass is 442 g/mol. The van der Waals surface area contributed by atoms with Crippen LogP contribution in [0.1, 0.15) is 59.9 Å². The maximum atomic E-state index is 13.8. The van der Waals surface area contributed by atoms with Crippen molar-refractivity contribution in [3.05, 3.63) is 58.1 Å². The summed E-state index contributed by atoms with van der Waals surface area (Å²) in [5.74, 6) is -0.301. The number of anilines is 1. The quantitative estimate of drug-likeness (QED) is 0.669. The summed E-state index contributed by atoms with van der Waals surface area (Å²) >= 11 is 0. The summed E-state index contributed by atoms with van der Waals surface area (Å²) in [6.07, 6.45) is 4.67. The first-order valence-electron chi connectivity index (χ1n) is 11.1. The molecule has 168 valence electrons. The number of benzene rings is 2. The van der Waals surface area contributed by atoms with Crippen molar-refractivity contribution < 1.29 is 13.2 Å². The molecule has 0 heterocycles. The van der Waals surface area contributed by atoms with Crippen molar-refractivity contribution in [1.82, 2.24) is 4.31 Å². The van der Waals surface area contributed by atoms with Crippen molar-refractivity contribution in [1.29, 1.82) is 0 Å². The van der Waals surface area contributed by atoms with E-state index in [9.17, 15) is 13.2 Å². The molecule has 0 radical (unpaired) electrons. The molecule has 2 aromatic rings. The summed E-state index contributed by atoms with van der Waals surface area (Å²) in [4.78, 5) is 13.4. The average molecular weight is 443 g/mol. The first-order valence-corrected chi connectivity index (χ1v) is 12.5. The number of nitrogens with one attached hydrogen (secondary N) is 1. The molecular weight excluding hydrogens is 408 g/mol. The number of carbonyl (C=O) groups excluding carboxylic acids is 1. The van der Waals surface area contributed by atoms with Gasteiger partial charge in [-0.15, -0.1) is 0 Å². The van der Waals surface area contributed by atoms with Crippen LogP contribution >= 0.6 is 0 Å². The number of aryl methyl sites for hydroxylation is 4. The third kappa shape index (κ3) is 5.18. The van der Waals surface area contributed by atoms with Gasteiger partial charge in [-0.3, -0.25) is 4.79 Å². The molecule has 3 rings (SSSR count). The zero-order valence-electron chi connectivity index (χ0n) is 19.3. The summed E-state index contributed by atoms with van der Waals surface area (Å²) < 4.78 is 29.1. The van der Waals surface area contributed by atoms with Gasteiger partial charge in [0.2, 0.25) is 15.9 Å². The summed E-state index contributed by atoms with van der Waals surface area (Å²) in [5.41, 5.74) is 5.30. The van der Waals surface area contributed by atoms with Crippen molar-refractivity contribution in [3.63, 3.8) is 0 Å². The summed E-state index contributed by atoms with van der Waals surface area (Å²) in [6, 6.07) is 9.39. The number of carbonyl (C=O) groups is 1. The van der Waals surface area contributed by atoms with Crippen LogP contribution in [0.3, 0.4) is 0 Å². The fraction of sp³-hybridized carbons (Fsp3) is 0.480. The molecule has 6 heteroatoms. The molecule has 1 saturated carbocycles. The molecule has 0 aliphatic heterocycles. The highest BCUT2D eigenvalue weighted by atomic mass is 32.2. The van der Waals surface area contributed by atoms with Gasteiger partial charge < -0.3 is 5.32 Å². The number of hydrogen-bond donors (Lipinski definition) is 1. The molecule has 0 spiro atoms. The van der Waals surface area contributed by atoms with E-state index in [0.29, 0.717) is 4.90 Å². The van der Waals surface area contributed by atoms with Crippen molar-refractivity contribution in [2.45, 2.75) is 77.7 Å². The number of sulfonamides is 1. The zero-order valence-corrected chi connectivity index (χ0v) is 20.1.